The van der Waals surface area contributed by atoms with Gasteiger partial charge >= 0.3 is 0 Å². The maximum Gasteiger partial charge on any atom is 0.158 e. The summed E-state index contributed by atoms with van der Waals surface area (Å²) in [7, 11) is 0. The highest BCUT2D eigenvalue weighted by atomic mass is 16.7. The van der Waals surface area contributed by atoms with Gasteiger partial charge in [-0.1, -0.05) is 0 Å². The summed E-state index contributed by atoms with van der Waals surface area (Å²) in [5.74, 6) is 0.429. The van der Waals surface area contributed by atoms with E-state index in [9.17, 15) is 4.79 Å². The monoisotopic (exact) mass is 226 g/mol. The van der Waals surface area contributed by atoms with Crippen molar-refractivity contribution < 1.29 is 14.3 Å². The summed E-state index contributed by atoms with van der Waals surface area (Å²) in [5.41, 5.74) is -0.365. The van der Waals surface area contributed by atoms with Crippen LogP contribution < -0.4 is 0 Å². The molecular weight excluding hydrogens is 204 g/mol. The van der Waals surface area contributed by atoms with E-state index in [1.54, 1.807) is 0 Å². The first kappa shape index (κ1) is 12.1. The number of Topliss-reactive ketones (excluding diaryl/α,β-unsaturated/α-hetero) is 1. The second-order valence-electron chi connectivity index (χ2n) is 5.43. The molecule has 0 radical (unpaired) electrons. The summed E-state index contributed by atoms with van der Waals surface area (Å²) in [6.07, 6.45) is 5.87. The fraction of sp³-hybridized carbons (Fsp3) is 0.923. The zero-order chi connectivity index (χ0) is 11.6. The third-order valence-electron chi connectivity index (χ3n) is 3.72. The van der Waals surface area contributed by atoms with Gasteiger partial charge in [-0.15, -0.1) is 0 Å². The predicted octanol–water partition coefficient (Wildman–Crippen LogP) is 2.68. The fourth-order valence-corrected chi connectivity index (χ4v) is 2.78. The van der Waals surface area contributed by atoms with E-state index in [0.717, 1.165) is 38.7 Å². The van der Waals surface area contributed by atoms with Gasteiger partial charge in [-0.3, -0.25) is 4.79 Å². The molecule has 0 amide bonds. The van der Waals surface area contributed by atoms with Gasteiger partial charge in [-0.2, -0.15) is 0 Å². The van der Waals surface area contributed by atoms with Crippen LogP contribution in [0.1, 0.15) is 52.4 Å². The molecule has 0 bridgehead atoms. The van der Waals surface area contributed by atoms with E-state index < -0.39 is 0 Å². The van der Waals surface area contributed by atoms with E-state index in [4.69, 9.17) is 9.47 Å². The molecule has 0 N–H and O–H groups in total. The molecular formula is C13H22O3. The molecule has 2 rings (SSSR count). The number of ether oxygens (including phenoxy) is 2. The molecule has 1 aliphatic carbocycles. The molecule has 3 heteroatoms. The first-order chi connectivity index (χ1) is 7.59. The Bertz CT molecular complexity index is 254. The molecule has 2 unspecified atom stereocenters. The molecule has 1 aliphatic heterocycles. The number of carbonyl (C=O) groups excluding carboxylic acids is 1. The van der Waals surface area contributed by atoms with Crippen molar-refractivity contribution in [3.05, 3.63) is 0 Å². The lowest BCUT2D eigenvalue weighted by molar-refractivity contribution is -0.227. The molecule has 2 fully saturated rings. The molecule has 16 heavy (non-hydrogen) atoms. The van der Waals surface area contributed by atoms with Crippen molar-refractivity contribution in [2.75, 3.05) is 6.61 Å². The van der Waals surface area contributed by atoms with Crippen LogP contribution in [0.25, 0.3) is 0 Å². The van der Waals surface area contributed by atoms with Crippen molar-refractivity contribution >= 4 is 5.78 Å². The van der Waals surface area contributed by atoms with Crippen molar-refractivity contribution in [1.82, 2.24) is 0 Å². The van der Waals surface area contributed by atoms with E-state index in [0.29, 0.717) is 5.78 Å². The van der Waals surface area contributed by atoms with Crippen molar-refractivity contribution in [2.24, 2.45) is 5.92 Å². The Kier molecular flexibility index (Phi) is 3.65. The number of hydrogen-bond acceptors (Lipinski definition) is 3. The van der Waals surface area contributed by atoms with E-state index >= 15 is 0 Å². The van der Waals surface area contributed by atoms with Gasteiger partial charge in [0.1, 0.15) is 5.78 Å². The second kappa shape index (κ2) is 4.84. The average molecular weight is 226 g/mol. The van der Waals surface area contributed by atoms with Crippen LogP contribution in [0.2, 0.25) is 0 Å². The molecule has 0 aromatic carbocycles. The molecule has 0 aromatic heterocycles. The van der Waals surface area contributed by atoms with E-state index in [1.165, 1.54) is 6.42 Å². The highest BCUT2D eigenvalue weighted by Crippen LogP contribution is 2.35. The van der Waals surface area contributed by atoms with Crippen molar-refractivity contribution in [3.8, 4) is 0 Å². The summed E-state index contributed by atoms with van der Waals surface area (Å²) in [4.78, 5) is 11.7. The second-order valence-corrected chi connectivity index (χ2v) is 5.43. The Balaban J connectivity index is 1.92. The molecule has 92 valence electrons. The molecule has 1 saturated carbocycles. The molecule has 2 atom stereocenters. The standard InChI is InChI=1S/C13H22O3/c1-13(2,10-6-5-7-11(10)14)16-12-8-3-4-9-15-12/h10,12H,3-9H2,1-2H3. The van der Waals surface area contributed by atoms with Gasteiger partial charge < -0.3 is 9.47 Å². The number of hydrogen-bond donors (Lipinski definition) is 0. The average Bonchev–Trinajstić information content (AvgIpc) is 2.66. The summed E-state index contributed by atoms with van der Waals surface area (Å²) in [5, 5.41) is 0. The van der Waals surface area contributed by atoms with Crippen molar-refractivity contribution in [2.45, 2.75) is 64.3 Å². The zero-order valence-electron chi connectivity index (χ0n) is 10.3. The molecule has 2 aliphatic rings. The van der Waals surface area contributed by atoms with Crippen LogP contribution in [0.3, 0.4) is 0 Å². The van der Waals surface area contributed by atoms with E-state index in [1.807, 2.05) is 13.8 Å². The largest absolute Gasteiger partial charge is 0.353 e. The van der Waals surface area contributed by atoms with Gasteiger partial charge in [0.2, 0.25) is 0 Å². The van der Waals surface area contributed by atoms with Crippen molar-refractivity contribution in [1.29, 1.82) is 0 Å². The minimum absolute atomic E-state index is 0.0676. The Hall–Kier alpha value is -0.410. The zero-order valence-corrected chi connectivity index (χ0v) is 10.3. The summed E-state index contributed by atoms with van der Waals surface area (Å²) < 4.78 is 11.6. The third kappa shape index (κ3) is 2.64. The Labute approximate surface area is 97.5 Å². The van der Waals surface area contributed by atoms with Crippen LogP contribution in [-0.4, -0.2) is 24.3 Å². The maximum absolute atomic E-state index is 11.7. The molecule has 1 heterocycles. The first-order valence-corrected chi connectivity index (χ1v) is 6.42. The lowest BCUT2D eigenvalue weighted by Crippen LogP contribution is -2.41. The van der Waals surface area contributed by atoms with Crippen LogP contribution in [-0.2, 0) is 14.3 Å². The molecule has 3 nitrogen and oxygen atoms in total. The molecule has 0 aromatic rings. The van der Waals surface area contributed by atoms with Crippen LogP contribution >= 0.6 is 0 Å². The topological polar surface area (TPSA) is 35.5 Å². The molecule has 1 saturated heterocycles. The van der Waals surface area contributed by atoms with Gasteiger partial charge in [0.05, 0.1) is 5.60 Å². The van der Waals surface area contributed by atoms with Gasteiger partial charge in [0, 0.05) is 18.9 Å². The summed E-state index contributed by atoms with van der Waals surface area (Å²) in [6.45, 7) is 4.84. The smallest absolute Gasteiger partial charge is 0.158 e. The number of carbonyl (C=O) groups is 1. The van der Waals surface area contributed by atoms with Crippen LogP contribution in [0.4, 0.5) is 0 Å². The minimum Gasteiger partial charge on any atom is -0.353 e. The Morgan fingerprint density at radius 3 is 2.62 bits per heavy atom. The Morgan fingerprint density at radius 1 is 1.25 bits per heavy atom. The fourth-order valence-electron chi connectivity index (χ4n) is 2.78. The van der Waals surface area contributed by atoms with Crippen LogP contribution in [0, 0.1) is 5.92 Å². The van der Waals surface area contributed by atoms with Crippen LogP contribution in [0.15, 0.2) is 0 Å². The van der Waals surface area contributed by atoms with E-state index in [2.05, 4.69) is 0 Å². The van der Waals surface area contributed by atoms with Crippen molar-refractivity contribution in [3.63, 3.8) is 0 Å². The normalized spacial score (nSPS) is 32.0. The number of ketones is 1. The van der Waals surface area contributed by atoms with Gasteiger partial charge in [-0.05, 0) is 46.0 Å². The summed E-state index contributed by atoms with van der Waals surface area (Å²) in [6, 6.07) is 0. The van der Waals surface area contributed by atoms with Gasteiger partial charge in [-0.25, -0.2) is 0 Å². The van der Waals surface area contributed by atoms with Gasteiger partial charge in [0.25, 0.3) is 0 Å². The number of rotatable bonds is 3. The highest BCUT2D eigenvalue weighted by Gasteiger charge is 2.40. The first-order valence-electron chi connectivity index (χ1n) is 6.42. The maximum atomic E-state index is 11.7. The third-order valence-corrected chi connectivity index (χ3v) is 3.72. The summed E-state index contributed by atoms with van der Waals surface area (Å²) >= 11 is 0. The van der Waals surface area contributed by atoms with Crippen LogP contribution in [0.5, 0.6) is 0 Å². The SMILES string of the molecule is CC(C)(OC1CCCCO1)C1CCCC1=O. The lowest BCUT2D eigenvalue weighted by Gasteiger charge is -2.36. The lowest BCUT2D eigenvalue weighted by atomic mass is 9.88. The minimum atomic E-state index is -0.365. The highest BCUT2D eigenvalue weighted by molar-refractivity contribution is 5.83. The van der Waals surface area contributed by atoms with Gasteiger partial charge in [0.15, 0.2) is 6.29 Å². The predicted molar refractivity (Wildman–Crippen MR) is 61.1 cm³/mol. The molecule has 0 spiro atoms. The van der Waals surface area contributed by atoms with E-state index in [-0.39, 0.29) is 17.8 Å². The Morgan fingerprint density at radius 2 is 2.06 bits per heavy atom. The quantitative estimate of drug-likeness (QED) is 0.742.